The maximum absolute atomic E-state index is 11.3. The number of rotatable bonds is 3. The maximum Gasteiger partial charge on any atom is 0.307 e. The average molecular weight is 244 g/mol. The molecule has 2 nitrogen and oxygen atoms in total. The predicted octanol–water partition coefficient (Wildman–Crippen LogP) is 3.35. The molecule has 3 atom stereocenters. The Bertz CT molecular complexity index is 506. The van der Waals surface area contributed by atoms with Crippen molar-refractivity contribution in [3.05, 3.63) is 34.9 Å². The third-order valence-corrected chi connectivity index (χ3v) is 5.10. The monoisotopic (exact) mass is 244 g/mol. The van der Waals surface area contributed by atoms with Crippen LogP contribution in [-0.4, -0.2) is 11.1 Å². The minimum absolute atomic E-state index is 0.0776. The van der Waals surface area contributed by atoms with Crippen molar-refractivity contribution in [3.8, 4) is 0 Å². The summed E-state index contributed by atoms with van der Waals surface area (Å²) < 4.78 is 0. The van der Waals surface area contributed by atoms with Gasteiger partial charge < -0.3 is 5.11 Å². The molecule has 0 saturated heterocycles. The van der Waals surface area contributed by atoms with Gasteiger partial charge in [0.25, 0.3) is 0 Å². The first-order valence-corrected chi connectivity index (χ1v) is 6.83. The van der Waals surface area contributed by atoms with Gasteiger partial charge in [-0.3, -0.25) is 4.79 Å². The zero-order valence-corrected chi connectivity index (χ0v) is 11.1. The van der Waals surface area contributed by atoms with Crippen molar-refractivity contribution in [2.45, 2.75) is 39.5 Å². The van der Waals surface area contributed by atoms with Gasteiger partial charge >= 0.3 is 5.97 Å². The smallest absolute Gasteiger partial charge is 0.307 e. The summed E-state index contributed by atoms with van der Waals surface area (Å²) >= 11 is 0. The van der Waals surface area contributed by atoms with Crippen LogP contribution in [0, 0.1) is 31.1 Å². The minimum atomic E-state index is -0.579. The molecule has 0 radical (unpaired) electrons. The van der Waals surface area contributed by atoms with E-state index < -0.39 is 5.97 Å². The Labute approximate surface area is 108 Å². The summed E-state index contributed by atoms with van der Waals surface area (Å²) in [7, 11) is 0. The molecule has 2 heteroatoms. The zero-order chi connectivity index (χ0) is 12.9. The Morgan fingerprint density at radius 3 is 2.89 bits per heavy atom. The molecule has 1 aromatic rings. The van der Waals surface area contributed by atoms with E-state index in [1.807, 2.05) is 0 Å². The molecule has 1 N–H and O–H groups in total. The van der Waals surface area contributed by atoms with Crippen LogP contribution in [-0.2, 0) is 11.2 Å². The summed E-state index contributed by atoms with van der Waals surface area (Å²) in [5.41, 5.74) is 4.01. The van der Waals surface area contributed by atoms with Crippen LogP contribution >= 0.6 is 0 Å². The maximum atomic E-state index is 11.3. The number of carbonyl (C=O) groups is 1. The van der Waals surface area contributed by atoms with Gasteiger partial charge in [-0.1, -0.05) is 30.2 Å². The SMILES string of the molecule is Cc1ccc(C)c(CC23CCCC2C3C(=O)O)c1. The third-order valence-electron chi connectivity index (χ3n) is 5.10. The van der Waals surface area contributed by atoms with E-state index in [2.05, 4.69) is 32.0 Å². The van der Waals surface area contributed by atoms with Gasteiger partial charge in [0, 0.05) is 0 Å². The summed E-state index contributed by atoms with van der Waals surface area (Å²) in [6.07, 6.45) is 4.38. The lowest BCUT2D eigenvalue weighted by Gasteiger charge is -2.16. The lowest BCUT2D eigenvalue weighted by atomic mass is 9.88. The Morgan fingerprint density at radius 1 is 1.44 bits per heavy atom. The molecule has 18 heavy (non-hydrogen) atoms. The van der Waals surface area contributed by atoms with E-state index in [0.717, 1.165) is 19.3 Å². The Morgan fingerprint density at radius 2 is 2.22 bits per heavy atom. The Balaban J connectivity index is 1.88. The van der Waals surface area contributed by atoms with Crippen LogP contribution in [0.25, 0.3) is 0 Å². The molecule has 2 saturated carbocycles. The van der Waals surface area contributed by atoms with Crippen LogP contribution < -0.4 is 0 Å². The van der Waals surface area contributed by atoms with E-state index in [4.69, 9.17) is 0 Å². The van der Waals surface area contributed by atoms with E-state index in [1.54, 1.807) is 0 Å². The molecule has 0 amide bonds. The number of carboxylic acid groups (broad SMARTS) is 1. The summed E-state index contributed by atoms with van der Waals surface area (Å²) in [6.45, 7) is 4.24. The normalized spacial score (nSPS) is 33.2. The zero-order valence-electron chi connectivity index (χ0n) is 11.1. The molecule has 2 fully saturated rings. The number of hydrogen-bond donors (Lipinski definition) is 1. The van der Waals surface area contributed by atoms with Gasteiger partial charge in [0.05, 0.1) is 5.92 Å². The average Bonchev–Trinajstić information content (AvgIpc) is 2.74. The highest BCUT2D eigenvalue weighted by molar-refractivity contribution is 5.76. The largest absolute Gasteiger partial charge is 0.481 e. The highest BCUT2D eigenvalue weighted by Crippen LogP contribution is 2.69. The lowest BCUT2D eigenvalue weighted by molar-refractivity contribution is -0.140. The van der Waals surface area contributed by atoms with Crippen LogP contribution in [0.1, 0.15) is 36.0 Å². The van der Waals surface area contributed by atoms with Crippen molar-refractivity contribution in [1.29, 1.82) is 0 Å². The summed E-state index contributed by atoms with van der Waals surface area (Å²) in [5, 5.41) is 9.33. The lowest BCUT2D eigenvalue weighted by Crippen LogP contribution is -2.13. The molecule has 2 aliphatic rings. The summed E-state index contributed by atoms with van der Waals surface area (Å²) in [5.74, 6) is -0.217. The third kappa shape index (κ3) is 1.58. The number of aryl methyl sites for hydroxylation is 2. The standard InChI is InChI=1S/C16H20O2/c1-10-5-6-11(2)12(8-10)9-16-7-3-4-13(16)14(16)15(17)18/h5-6,8,13-14H,3-4,7,9H2,1-2H3,(H,17,18). The Hall–Kier alpha value is -1.31. The van der Waals surface area contributed by atoms with Crippen LogP contribution in [0.4, 0.5) is 0 Å². The second-order valence-corrected chi connectivity index (χ2v) is 6.15. The van der Waals surface area contributed by atoms with Crippen molar-refractivity contribution in [2.75, 3.05) is 0 Å². The van der Waals surface area contributed by atoms with Crippen LogP contribution in [0.15, 0.2) is 18.2 Å². The van der Waals surface area contributed by atoms with E-state index >= 15 is 0 Å². The predicted molar refractivity (Wildman–Crippen MR) is 70.5 cm³/mol. The molecule has 0 heterocycles. The highest BCUT2D eigenvalue weighted by Gasteiger charge is 2.69. The van der Waals surface area contributed by atoms with Crippen molar-refractivity contribution in [3.63, 3.8) is 0 Å². The molecule has 0 aliphatic heterocycles. The molecule has 96 valence electrons. The first-order chi connectivity index (χ1) is 8.54. The highest BCUT2D eigenvalue weighted by atomic mass is 16.4. The fraction of sp³-hybridized carbons (Fsp3) is 0.562. The van der Waals surface area contributed by atoms with E-state index in [0.29, 0.717) is 5.92 Å². The van der Waals surface area contributed by atoms with E-state index in [9.17, 15) is 9.90 Å². The molecule has 0 bridgehead atoms. The molecule has 0 spiro atoms. The van der Waals surface area contributed by atoms with Gasteiger partial charge in [0.2, 0.25) is 0 Å². The molecule has 2 aliphatic carbocycles. The van der Waals surface area contributed by atoms with E-state index in [-0.39, 0.29) is 11.3 Å². The first-order valence-electron chi connectivity index (χ1n) is 6.83. The molecular formula is C16H20O2. The fourth-order valence-electron chi connectivity index (χ4n) is 4.12. The van der Waals surface area contributed by atoms with Gasteiger partial charge in [0.15, 0.2) is 0 Å². The number of fused-ring (bicyclic) bond motifs is 1. The summed E-state index contributed by atoms with van der Waals surface area (Å²) in [6, 6.07) is 6.52. The second kappa shape index (κ2) is 3.84. The van der Waals surface area contributed by atoms with Gasteiger partial charge in [-0.2, -0.15) is 0 Å². The van der Waals surface area contributed by atoms with Crippen molar-refractivity contribution in [1.82, 2.24) is 0 Å². The first kappa shape index (κ1) is 11.8. The molecule has 1 aromatic carbocycles. The Kier molecular flexibility index (Phi) is 2.51. The van der Waals surface area contributed by atoms with Crippen LogP contribution in [0.3, 0.4) is 0 Å². The van der Waals surface area contributed by atoms with Crippen molar-refractivity contribution in [2.24, 2.45) is 17.3 Å². The van der Waals surface area contributed by atoms with Crippen molar-refractivity contribution < 1.29 is 9.90 Å². The quantitative estimate of drug-likeness (QED) is 0.885. The van der Waals surface area contributed by atoms with Gasteiger partial charge in [-0.25, -0.2) is 0 Å². The number of benzene rings is 1. The van der Waals surface area contributed by atoms with Gasteiger partial charge in [0.1, 0.15) is 0 Å². The molecule has 3 rings (SSSR count). The van der Waals surface area contributed by atoms with Crippen molar-refractivity contribution >= 4 is 5.97 Å². The van der Waals surface area contributed by atoms with Gasteiger partial charge in [-0.05, 0) is 55.6 Å². The molecule has 0 aromatic heterocycles. The second-order valence-electron chi connectivity index (χ2n) is 6.15. The molecular weight excluding hydrogens is 224 g/mol. The molecule has 3 unspecified atom stereocenters. The fourth-order valence-corrected chi connectivity index (χ4v) is 4.12. The van der Waals surface area contributed by atoms with E-state index in [1.165, 1.54) is 23.1 Å². The number of aliphatic carboxylic acids is 1. The van der Waals surface area contributed by atoms with Crippen LogP contribution in [0.5, 0.6) is 0 Å². The van der Waals surface area contributed by atoms with Gasteiger partial charge in [-0.15, -0.1) is 0 Å². The van der Waals surface area contributed by atoms with Crippen LogP contribution in [0.2, 0.25) is 0 Å². The summed E-state index contributed by atoms with van der Waals surface area (Å²) in [4.78, 5) is 11.3. The number of carboxylic acids is 1. The number of hydrogen-bond acceptors (Lipinski definition) is 1. The minimum Gasteiger partial charge on any atom is -0.481 e. The topological polar surface area (TPSA) is 37.3 Å².